The Balaban J connectivity index is 2.96. The van der Waals surface area contributed by atoms with Crippen molar-refractivity contribution in [3.05, 3.63) is 28.8 Å². The van der Waals surface area contributed by atoms with Crippen LogP contribution in [-0.2, 0) is 4.79 Å². The molecule has 17 heavy (non-hydrogen) atoms. The van der Waals surface area contributed by atoms with Crippen LogP contribution in [0.25, 0.3) is 0 Å². The lowest BCUT2D eigenvalue weighted by Gasteiger charge is -2.15. The van der Waals surface area contributed by atoms with Gasteiger partial charge in [0.1, 0.15) is 5.75 Å². The fraction of sp³-hybridized carbons (Fsp3) is 0.462. The van der Waals surface area contributed by atoms with Crippen LogP contribution in [0.2, 0.25) is 0 Å². The highest BCUT2D eigenvalue weighted by Gasteiger charge is 2.13. The molecule has 0 saturated carbocycles. The zero-order valence-electron chi connectivity index (χ0n) is 10.8. The maximum absolute atomic E-state index is 11.3. The van der Waals surface area contributed by atoms with E-state index in [0.717, 1.165) is 22.4 Å². The van der Waals surface area contributed by atoms with Crippen LogP contribution in [0.3, 0.4) is 0 Å². The molecule has 4 heteroatoms. The van der Waals surface area contributed by atoms with Gasteiger partial charge in [-0.2, -0.15) is 0 Å². The Hall–Kier alpha value is -1.55. The Morgan fingerprint density at radius 1 is 1.41 bits per heavy atom. The summed E-state index contributed by atoms with van der Waals surface area (Å²) in [5.41, 5.74) is 9.04. The predicted octanol–water partition coefficient (Wildman–Crippen LogP) is 1.45. The van der Waals surface area contributed by atoms with Crippen molar-refractivity contribution in [2.75, 3.05) is 14.2 Å². The van der Waals surface area contributed by atoms with Crippen LogP contribution in [0, 0.1) is 13.8 Å². The Morgan fingerprint density at radius 2 is 1.94 bits per heavy atom. The summed E-state index contributed by atoms with van der Waals surface area (Å²) in [6.07, 6.45) is 0.293. The van der Waals surface area contributed by atoms with E-state index >= 15 is 0 Å². The average Bonchev–Trinajstić information content (AvgIpc) is 2.28. The lowest BCUT2D eigenvalue weighted by atomic mass is 9.98. The van der Waals surface area contributed by atoms with Crippen LogP contribution in [-0.4, -0.2) is 20.1 Å². The first-order valence-electron chi connectivity index (χ1n) is 5.61. The smallest absolute Gasteiger partial charge is 0.221 e. The number of carbonyl (C=O) groups excluding carboxylic acids is 1. The Bertz CT molecular complexity index is 393. The molecule has 0 bridgehead atoms. The SMILES string of the molecule is CNC(=O)CC(N)c1cc(C)c(OC)c(C)c1. The normalized spacial score (nSPS) is 12.1. The van der Waals surface area contributed by atoms with Gasteiger partial charge >= 0.3 is 0 Å². The van der Waals surface area contributed by atoms with E-state index in [1.165, 1.54) is 0 Å². The first-order valence-corrected chi connectivity index (χ1v) is 5.61. The van der Waals surface area contributed by atoms with Crippen molar-refractivity contribution < 1.29 is 9.53 Å². The monoisotopic (exact) mass is 236 g/mol. The molecular formula is C13H20N2O2. The number of ether oxygens (including phenoxy) is 1. The fourth-order valence-electron chi connectivity index (χ4n) is 1.94. The van der Waals surface area contributed by atoms with E-state index in [1.807, 2.05) is 26.0 Å². The highest BCUT2D eigenvalue weighted by atomic mass is 16.5. The summed E-state index contributed by atoms with van der Waals surface area (Å²) in [5.74, 6) is 0.824. The molecule has 0 saturated heterocycles. The highest BCUT2D eigenvalue weighted by Crippen LogP contribution is 2.27. The van der Waals surface area contributed by atoms with Crippen LogP contribution in [0.5, 0.6) is 5.75 Å². The van der Waals surface area contributed by atoms with E-state index in [9.17, 15) is 4.79 Å². The third-order valence-electron chi connectivity index (χ3n) is 2.80. The van der Waals surface area contributed by atoms with Crippen molar-refractivity contribution in [2.24, 2.45) is 5.73 Å². The number of hydrogen-bond donors (Lipinski definition) is 2. The second-order valence-corrected chi connectivity index (χ2v) is 4.17. The number of benzene rings is 1. The lowest BCUT2D eigenvalue weighted by Crippen LogP contribution is -2.24. The van der Waals surface area contributed by atoms with Gasteiger partial charge in [-0.3, -0.25) is 4.79 Å². The minimum Gasteiger partial charge on any atom is -0.496 e. The fourth-order valence-corrected chi connectivity index (χ4v) is 1.94. The zero-order valence-corrected chi connectivity index (χ0v) is 10.8. The van der Waals surface area contributed by atoms with Crippen LogP contribution < -0.4 is 15.8 Å². The summed E-state index contributed by atoms with van der Waals surface area (Å²) < 4.78 is 5.29. The molecule has 0 aliphatic carbocycles. The second-order valence-electron chi connectivity index (χ2n) is 4.17. The van der Waals surface area contributed by atoms with Crippen molar-refractivity contribution in [1.29, 1.82) is 0 Å². The summed E-state index contributed by atoms with van der Waals surface area (Å²) in [4.78, 5) is 11.3. The highest BCUT2D eigenvalue weighted by molar-refractivity contribution is 5.76. The molecule has 94 valence electrons. The topological polar surface area (TPSA) is 64.4 Å². The van der Waals surface area contributed by atoms with Crippen molar-refractivity contribution in [2.45, 2.75) is 26.3 Å². The molecule has 4 nitrogen and oxygen atoms in total. The van der Waals surface area contributed by atoms with Crippen molar-refractivity contribution in [3.63, 3.8) is 0 Å². The van der Waals surface area contributed by atoms with Crippen molar-refractivity contribution in [1.82, 2.24) is 5.32 Å². The minimum absolute atomic E-state index is 0.0522. The molecule has 0 aliphatic rings. The van der Waals surface area contributed by atoms with Gasteiger partial charge in [-0.05, 0) is 30.5 Å². The van der Waals surface area contributed by atoms with Gasteiger partial charge in [-0.1, -0.05) is 12.1 Å². The molecule has 1 rings (SSSR count). The first-order chi connectivity index (χ1) is 7.99. The third kappa shape index (κ3) is 3.20. The first kappa shape index (κ1) is 13.5. The Morgan fingerprint density at radius 3 is 2.35 bits per heavy atom. The quantitative estimate of drug-likeness (QED) is 0.831. The lowest BCUT2D eigenvalue weighted by molar-refractivity contribution is -0.120. The number of methoxy groups -OCH3 is 1. The number of carbonyl (C=O) groups is 1. The number of nitrogens with two attached hydrogens (primary N) is 1. The van der Waals surface area contributed by atoms with Gasteiger partial charge in [-0.15, -0.1) is 0 Å². The van der Waals surface area contributed by atoms with Crippen LogP contribution in [0.4, 0.5) is 0 Å². The van der Waals surface area contributed by atoms with Gasteiger partial charge in [0.15, 0.2) is 0 Å². The molecule has 1 aromatic rings. The number of amides is 1. The third-order valence-corrected chi connectivity index (χ3v) is 2.80. The molecule has 0 fully saturated rings. The molecule has 1 aromatic carbocycles. The largest absolute Gasteiger partial charge is 0.496 e. The molecular weight excluding hydrogens is 216 g/mol. The summed E-state index contributed by atoms with van der Waals surface area (Å²) >= 11 is 0. The molecule has 0 aromatic heterocycles. The zero-order chi connectivity index (χ0) is 13.0. The van der Waals surface area contributed by atoms with E-state index in [2.05, 4.69) is 5.32 Å². The maximum atomic E-state index is 11.3. The summed E-state index contributed by atoms with van der Waals surface area (Å²) in [5, 5.41) is 2.57. The van der Waals surface area contributed by atoms with Crippen molar-refractivity contribution >= 4 is 5.91 Å². The molecule has 1 atom stereocenters. The molecule has 3 N–H and O–H groups in total. The van der Waals surface area contributed by atoms with Gasteiger partial charge in [-0.25, -0.2) is 0 Å². The van der Waals surface area contributed by atoms with Gasteiger partial charge in [0.2, 0.25) is 5.91 Å². The molecule has 1 amide bonds. The summed E-state index contributed by atoms with van der Waals surface area (Å²) in [7, 11) is 3.26. The molecule has 1 unspecified atom stereocenters. The number of nitrogens with one attached hydrogen (secondary N) is 1. The van der Waals surface area contributed by atoms with Gasteiger partial charge in [0.05, 0.1) is 7.11 Å². The summed E-state index contributed by atoms with van der Waals surface area (Å²) in [6.45, 7) is 3.95. The van der Waals surface area contributed by atoms with Crippen LogP contribution >= 0.6 is 0 Å². The standard InChI is InChI=1S/C13H20N2O2/c1-8-5-10(6-9(2)13(8)17-4)11(14)7-12(16)15-3/h5-6,11H,7,14H2,1-4H3,(H,15,16). The van der Waals surface area contributed by atoms with Crippen LogP contribution in [0.15, 0.2) is 12.1 Å². The minimum atomic E-state index is -0.279. The number of rotatable bonds is 4. The van der Waals surface area contributed by atoms with Gasteiger partial charge in [0.25, 0.3) is 0 Å². The van der Waals surface area contributed by atoms with Gasteiger partial charge < -0.3 is 15.8 Å². The van der Waals surface area contributed by atoms with Crippen LogP contribution in [0.1, 0.15) is 29.2 Å². The molecule has 0 spiro atoms. The number of aryl methyl sites for hydroxylation is 2. The van der Waals surface area contributed by atoms with E-state index in [0.29, 0.717) is 6.42 Å². The molecule has 0 radical (unpaired) electrons. The average molecular weight is 236 g/mol. The Labute approximate surface area is 102 Å². The van der Waals surface area contributed by atoms with E-state index < -0.39 is 0 Å². The van der Waals surface area contributed by atoms with Gasteiger partial charge in [0, 0.05) is 19.5 Å². The molecule has 0 aliphatic heterocycles. The molecule has 0 heterocycles. The van der Waals surface area contributed by atoms with Crippen molar-refractivity contribution in [3.8, 4) is 5.75 Å². The van der Waals surface area contributed by atoms with E-state index in [4.69, 9.17) is 10.5 Å². The van der Waals surface area contributed by atoms with E-state index in [1.54, 1.807) is 14.2 Å². The number of hydrogen-bond acceptors (Lipinski definition) is 3. The summed E-state index contributed by atoms with van der Waals surface area (Å²) in [6, 6.07) is 3.66. The predicted molar refractivity (Wildman–Crippen MR) is 68.1 cm³/mol. The second kappa shape index (κ2) is 5.68. The Kier molecular flexibility index (Phi) is 4.52. The maximum Gasteiger partial charge on any atom is 0.221 e. The van der Waals surface area contributed by atoms with E-state index in [-0.39, 0.29) is 11.9 Å².